The lowest BCUT2D eigenvalue weighted by Gasteiger charge is -2.12. The molecule has 2 rings (SSSR count). The molecule has 5 nitrogen and oxygen atoms in total. The second kappa shape index (κ2) is 7.17. The van der Waals surface area contributed by atoms with E-state index in [1.165, 1.54) is 11.8 Å². The van der Waals surface area contributed by atoms with Crippen molar-refractivity contribution < 1.29 is 14.0 Å². The van der Waals surface area contributed by atoms with Crippen molar-refractivity contribution in [3.05, 3.63) is 53.5 Å². The smallest absolute Gasteiger partial charge is 0.273 e. The normalized spacial score (nSPS) is 11.8. The lowest BCUT2D eigenvalue weighted by Crippen LogP contribution is -2.45. The molecule has 1 unspecified atom stereocenters. The SMILES string of the molecule is Cc1cc(C(=O)NNC(=O)C(C)Sc2ccccc2)c(C)o1. The Kier molecular flexibility index (Phi) is 5.27. The van der Waals surface area contributed by atoms with Gasteiger partial charge in [0.1, 0.15) is 11.5 Å². The summed E-state index contributed by atoms with van der Waals surface area (Å²) in [5, 5.41) is -0.324. The molecule has 116 valence electrons. The van der Waals surface area contributed by atoms with Gasteiger partial charge in [0.15, 0.2) is 0 Å². The highest BCUT2D eigenvalue weighted by Crippen LogP contribution is 2.22. The van der Waals surface area contributed by atoms with Crippen LogP contribution in [0.3, 0.4) is 0 Å². The Hall–Kier alpha value is -2.21. The molecule has 2 N–H and O–H groups in total. The lowest BCUT2D eigenvalue weighted by atomic mass is 10.2. The molecule has 0 aliphatic heterocycles. The summed E-state index contributed by atoms with van der Waals surface area (Å²) >= 11 is 1.42. The van der Waals surface area contributed by atoms with Gasteiger partial charge in [-0.15, -0.1) is 11.8 Å². The molecule has 2 amide bonds. The first kappa shape index (κ1) is 16.2. The Bertz CT molecular complexity index is 667. The molecular weight excluding hydrogens is 300 g/mol. The number of amides is 2. The molecule has 0 fully saturated rings. The fourth-order valence-corrected chi connectivity index (χ4v) is 2.79. The maximum Gasteiger partial charge on any atom is 0.273 e. The van der Waals surface area contributed by atoms with E-state index in [0.29, 0.717) is 17.1 Å². The number of hydrogen-bond donors (Lipinski definition) is 2. The molecule has 1 heterocycles. The first-order valence-electron chi connectivity index (χ1n) is 6.86. The highest BCUT2D eigenvalue weighted by Gasteiger charge is 2.17. The van der Waals surface area contributed by atoms with E-state index in [1.54, 1.807) is 26.8 Å². The number of hydrazine groups is 1. The van der Waals surface area contributed by atoms with Gasteiger partial charge in [-0.05, 0) is 39.0 Å². The van der Waals surface area contributed by atoms with Crippen LogP contribution >= 0.6 is 11.8 Å². The van der Waals surface area contributed by atoms with Crippen molar-refractivity contribution in [1.29, 1.82) is 0 Å². The molecule has 0 radical (unpaired) electrons. The minimum absolute atomic E-state index is 0.264. The Morgan fingerprint density at radius 1 is 1.14 bits per heavy atom. The molecule has 0 saturated heterocycles. The van der Waals surface area contributed by atoms with Gasteiger partial charge in [-0.1, -0.05) is 18.2 Å². The number of nitrogens with one attached hydrogen (secondary N) is 2. The Morgan fingerprint density at radius 2 is 1.82 bits per heavy atom. The zero-order valence-electron chi connectivity index (χ0n) is 12.7. The van der Waals surface area contributed by atoms with E-state index in [4.69, 9.17) is 4.42 Å². The van der Waals surface area contributed by atoms with E-state index in [2.05, 4.69) is 10.9 Å². The molecule has 0 bridgehead atoms. The highest BCUT2D eigenvalue weighted by molar-refractivity contribution is 8.00. The molecule has 0 aliphatic carbocycles. The zero-order chi connectivity index (χ0) is 16.1. The first-order valence-corrected chi connectivity index (χ1v) is 7.74. The van der Waals surface area contributed by atoms with Crippen LogP contribution in [0.1, 0.15) is 28.8 Å². The summed E-state index contributed by atoms with van der Waals surface area (Å²) in [6, 6.07) is 11.3. The quantitative estimate of drug-likeness (QED) is 0.672. The van der Waals surface area contributed by atoms with Crippen LogP contribution in [-0.4, -0.2) is 17.1 Å². The number of carbonyl (C=O) groups is 2. The molecular formula is C16H18N2O3S. The number of furan rings is 1. The molecule has 0 saturated carbocycles. The summed E-state index contributed by atoms with van der Waals surface area (Å²) in [7, 11) is 0. The number of thioether (sulfide) groups is 1. The van der Waals surface area contributed by atoms with Gasteiger partial charge in [0.05, 0.1) is 10.8 Å². The summed E-state index contributed by atoms with van der Waals surface area (Å²) in [6.07, 6.45) is 0. The van der Waals surface area contributed by atoms with E-state index in [9.17, 15) is 9.59 Å². The van der Waals surface area contributed by atoms with E-state index in [-0.39, 0.29) is 17.1 Å². The summed E-state index contributed by atoms with van der Waals surface area (Å²) in [6.45, 7) is 5.25. The van der Waals surface area contributed by atoms with Crippen LogP contribution in [0, 0.1) is 13.8 Å². The van der Waals surface area contributed by atoms with E-state index >= 15 is 0 Å². The van der Waals surface area contributed by atoms with Gasteiger partial charge in [0.2, 0.25) is 0 Å². The molecule has 1 atom stereocenters. The van der Waals surface area contributed by atoms with Crippen LogP contribution in [0.4, 0.5) is 0 Å². The molecule has 22 heavy (non-hydrogen) atoms. The number of hydrogen-bond acceptors (Lipinski definition) is 4. The van der Waals surface area contributed by atoms with Crippen molar-refractivity contribution in [2.24, 2.45) is 0 Å². The summed E-state index contributed by atoms with van der Waals surface area (Å²) in [5.74, 6) is 0.526. The largest absolute Gasteiger partial charge is 0.466 e. The Balaban J connectivity index is 1.87. The fourth-order valence-electron chi connectivity index (χ4n) is 1.90. The van der Waals surface area contributed by atoms with Crippen molar-refractivity contribution in [1.82, 2.24) is 10.9 Å². The number of aryl methyl sites for hydroxylation is 2. The van der Waals surface area contributed by atoms with Gasteiger partial charge in [0.25, 0.3) is 11.8 Å². The first-order chi connectivity index (χ1) is 10.5. The average molecular weight is 318 g/mol. The van der Waals surface area contributed by atoms with Crippen LogP contribution in [-0.2, 0) is 4.79 Å². The van der Waals surface area contributed by atoms with E-state index in [1.807, 2.05) is 30.3 Å². The standard InChI is InChI=1S/C16H18N2O3S/c1-10-9-14(11(2)21-10)16(20)18-17-15(19)12(3)22-13-7-5-4-6-8-13/h4-9,12H,1-3H3,(H,17,19)(H,18,20). The second-order valence-corrected chi connectivity index (χ2v) is 6.26. The molecule has 2 aromatic rings. The van der Waals surface area contributed by atoms with Crippen molar-refractivity contribution in [3.8, 4) is 0 Å². The van der Waals surface area contributed by atoms with E-state index in [0.717, 1.165) is 4.90 Å². The Labute approximate surface area is 133 Å². The second-order valence-electron chi connectivity index (χ2n) is 4.84. The van der Waals surface area contributed by atoms with Crippen LogP contribution < -0.4 is 10.9 Å². The third kappa shape index (κ3) is 4.14. The molecule has 0 aliphatic rings. The van der Waals surface area contributed by atoms with Crippen LogP contribution in [0.25, 0.3) is 0 Å². The Morgan fingerprint density at radius 3 is 2.41 bits per heavy atom. The van der Waals surface area contributed by atoms with E-state index < -0.39 is 0 Å². The van der Waals surface area contributed by atoms with Gasteiger partial charge < -0.3 is 4.42 Å². The number of rotatable bonds is 4. The van der Waals surface area contributed by atoms with Crippen LogP contribution in [0.2, 0.25) is 0 Å². The van der Waals surface area contributed by atoms with Gasteiger partial charge in [-0.3, -0.25) is 20.4 Å². The fraction of sp³-hybridized carbons (Fsp3) is 0.250. The number of benzene rings is 1. The van der Waals surface area contributed by atoms with Crippen LogP contribution in [0.15, 0.2) is 45.7 Å². The monoisotopic (exact) mass is 318 g/mol. The predicted octanol–water partition coefficient (Wildman–Crippen LogP) is 2.84. The maximum absolute atomic E-state index is 12.0. The highest BCUT2D eigenvalue weighted by atomic mass is 32.2. The predicted molar refractivity (Wildman–Crippen MR) is 85.6 cm³/mol. The minimum Gasteiger partial charge on any atom is -0.466 e. The third-order valence-electron chi connectivity index (χ3n) is 3.01. The summed E-state index contributed by atoms with van der Waals surface area (Å²) in [5.41, 5.74) is 5.26. The summed E-state index contributed by atoms with van der Waals surface area (Å²) < 4.78 is 5.29. The number of carbonyl (C=O) groups excluding carboxylic acids is 2. The maximum atomic E-state index is 12.0. The van der Waals surface area contributed by atoms with Gasteiger partial charge >= 0.3 is 0 Å². The molecule has 1 aromatic heterocycles. The van der Waals surface area contributed by atoms with Crippen molar-refractivity contribution in [2.75, 3.05) is 0 Å². The lowest BCUT2D eigenvalue weighted by molar-refractivity contribution is -0.121. The average Bonchev–Trinajstić information content (AvgIpc) is 2.84. The minimum atomic E-state index is -0.389. The van der Waals surface area contributed by atoms with Crippen molar-refractivity contribution in [2.45, 2.75) is 30.9 Å². The van der Waals surface area contributed by atoms with Gasteiger partial charge in [-0.25, -0.2) is 0 Å². The molecule has 6 heteroatoms. The summed E-state index contributed by atoms with van der Waals surface area (Å²) in [4.78, 5) is 25.0. The van der Waals surface area contributed by atoms with Gasteiger partial charge in [-0.2, -0.15) is 0 Å². The van der Waals surface area contributed by atoms with Crippen molar-refractivity contribution >= 4 is 23.6 Å². The molecule has 1 aromatic carbocycles. The van der Waals surface area contributed by atoms with Gasteiger partial charge in [0, 0.05) is 4.90 Å². The third-order valence-corrected chi connectivity index (χ3v) is 4.12. The topological polar surface area (TPSA) is 71.3 Å². The van der Waals surface area contributed by atoms with Crippen LogP contribution in [0.5, 0.6) is 0 Å². The van der Waals surface area contributed by atoms with Crippen molar-refractivity contribution in [3.63, 3.8) is 0 Å². The molecule has 0 spiro atoms. The zero-order valence-corrected chi connectivity index (χ0v) is 13.5.